The average Bonchev–Trinajstić information content (AvgIpc) is 2.29. The van der Waals surface area contributed by atoms with Crippen LogP contribution in [-0.4, -0.2) is 31.2 Å². The van der Waals surface area contributed by atoms with Crippen molar-refractivity contribution in [3.05, 3.63) is 0 Å². The Kier molecular flexibility index (Phi) is 8.56. The summed E-state index contributed by atoms with van der Waals surface area (Å²) in [6.07, 6.45) is 5.85. The number of halogens is 1. The fourth-order valence-electron chi connectivity index (χ4n) is 2.11. The van der Waals surface area contributed by atoms with Gasteiger partial charge in [0.2, 0.25) is 5.91 Å². The van der Waals surface area contributed by atoms with Gasteiger partial charge in [0.05, 0.1) is 5.54 Å². The summed E-state index contributed by atoms with van der Waals surface area (Å²) >= 11 is 0. The first-order valence-electron chi connectivity index (χ1n) is 6.34. The smallest absolute Gasteiger partial charge is 0.240 e. The molecule has 0 atom stereocenters. The van der Waals surface area contributed by atoms with Crippen LogP contribution in [0.1, 0.15) is 45.4 Å². The molecule has 0 aromatic heterocycles. The van der Waals surface area contributed by atoms with Crippen molar-refractivity contribution >= 4 is 18.3 Å². The Morgan fingerprint density at radius 2 is 2.00 bits per heavy atom. The van der Waals surface area contributed by atoms with Crippen molar-refractivity contribution in [1.29, 1.82) is 0 Å². The second-order valence-electron chi connectivity index (χ2n) is 4.52. The van der Waals surface area contributed by atoms with E-state index in [1.807, 2.05) is 6.92 Å². The number of carbonyl (C=O) groups excluding carboxylic acids is 1. The van der Waals surface area contributed by atoms with Gasteiger partial charge in [0.25, 0.3) is 0 Å². The number of ether oxygens (including phenoxy) is 1. The van der Waals surface area contributed by atoms with Crippen molar-refractivity contribution < 1.29 is 9.53 Å². The van der Waals surface area contributed by atoms with Crippen LogP contribution in [0.3, 0.4) is 0 Å². The molecule has 102 valence electrons. The van der Waals surface area contributed by atoms with Crippen molar-refractivity contribution in [3.63, 3.8) is 0 Å². The lowest BCUT2D eigenvalue weighted by atomic mass is 9.82. The van der Waals surface area contributed by atoms with Gasteiger partial charge < -0.3 is 15.8 Å². The van der Waals surface area contributed by atoms with Gasteiger partial charge in [-0.25, -0.2) is 0 Å². The predicted molar refractivity (Wildman–Crippen MR) is 71.4 cm³/mol. The molecule has 0 aromatic rings. The molecule has 0 aromatic carbocycles. The molecule has 0 radical (unpaired) electrons. The zero-order chi connectivity index (χ0) is 11.9. The Labute approximate surface area is 110 Å². The Hall–Kier alpha value is -0.320. The normalized spacial score (nSPS) is 18.2. The maximum atomic E-state index is 11.9. The van der Waals surface area contributed by atoms with E-state index in [2.05, 4.69) is 5.32 Å². The fraction of sp³-hybridized carbons (Fsp3) is 0.917. The Bertz CT molecular complexity index is 219. The highest BCUT2D eigenvalue weighted by Crippen LogP contribution is 2.25. The Morgan fingerprint density at radius 3 is 2.59 bits per heavy atom. The van der Waals surface area contributed by atoms with Crippen LogP contribution in [0.5, 0.6) is 0 Å². The number of carbonyl (C=O) groups is 1. The van der Waals surface area contributed by atoms with Crippen molar-refractivity contribution in [2.24, 2.45) is 5.73 Å². The summed E-state index contributed by atoms with van der Waals surface area (Å²) in [6, 6.07) is 0. The molecular formula is C12H25ClN2O2. The molecule has 1 aliphatic carbocycles. The van der Waals surface area contributed by atoms with E-state index in [4.69, 9.17) is 10.5 Å². The Balaban J connectivity index is 0.00000256. The molecule has 5 heteroatoms. The molecule has 3 N–H and O–H groups in total. The highest BCUT2D eigenvalue weighted by atomic mass is 35.5. The van der Waals surface area contributed by atoms with Gasteiger partial charge in [0, 0.05) is 19.8 Å². The van der Waals surface area contributed by atoms with Crippen molar-refractivity contribution in [2.45, 2.75) is 51.0 Å². The number of nitrogens with two attached hydrogens (primary N) is 1. The minimum absolute atomic E-state index is 0. The molecule has 0 bridgehead atoms. The quantitative estimate of drug-likeness (QED) is 0.717. The average molecular weight is 265 g/mol. The molecule has 1 rings (SSSR count). The van der Waals surface area contributed by atoms with E-state index >= 15 is 0 Å². The van der Waals surface area contributed by atoms with E-state index in [0.29, 0.717) is 13.2 Å². The van der Waals surface area contributed by atoms with Crippen LogP contribution in [0.25, 0.3) is 0 Å². The highest BCUT2D eigenvalue weighted by molar-refractivity contribution is 5.86. The summed E-state index contributed by atoms with van der Waals surface area (Å²) in [5.41, 5.74) is 5.49. The monoisotopic (exact) mass is 264 g/mol. The molecule has 1 saturated carbocycles. The van der Waals surface area contributed by atoms with Crippen LogP contribution in [0.4, 0.5) is 0 Å². The molecule has 1 aliphatic rings. The summed E-state index contributed by atoms with van der Waals surface area (Å²) in [6.45, 7) is 4.07. The lowest BCUT2D eigenvalue weighted by molar-refractivity contribution is -0.127. The third-order valence-electron chi connectivity index (χ3n) is 3.15. The van der Waals surface area contributed by atoms with Crippen molar-refractivity contribution in [2.75, 3.05) is 19.8 Å². The minimum Gasteiger partial charge on any atom is -0.382 e. The van der Waals surface area contributed by atoms with Gasteiger partial charge in [-0.15, -0.1) is 12.4 Å². The zero-order valence-electron chi connectivity index (χ0n) is 10.7. The van der Waals surface area contributed by atoms with E-state index in [-0.39, 0.29) is 18.3 Å². The molecule has 0 spiro atoms. The standard InChI is InChI=1S/C12H24N2O2.ClH/c1-2-16-10-6-9-14-11(15)12(13)7-4-3-5-8-12;/h2-10,13H2,1H3,(H,14,15);1H. The molecule has 0 aliphatic heterocycles. The van der Waals surface area contributed by atoms with Gasteiger partial charge in [0.1, 0.15) is 0 Å². The van der Waals surface area contributed by atoms with Gasteiger partial charge >= 0.3 is 0 Å². The van der Waals surface area contributed by atoms with E-state index in [9.17, 15) is 4.79 Å². The maximum absolute atomic E-state index is 11.9. The van der Waals surface area contributed by atoms with Crippen LogP contribution in [0, 0.1) is 0 Å². The Morgan fingerprint density at radius 1 is 1.35 bits per heavy atom. The lowest BCUT2D eigenvalue weighted by Gasteiger charge is -2.31. The van der Waals surface area contributed by atoms with Gasteiger partial charge in [-0.2, -0.15) is 0 Å². The number of hydrogen-bond acceptors (Lipinski definition) is 3. The van der Waals surface area contributed by atoms with Gasteiger partial charge in [-0.1, -0.05) is 19.3 Å². The number of hydrogen-bond donors (Lipinski definition) is 2. The van der Waals surface area contributed by atoms with Crippen LogP contribution in [0.2, 0.25) is 0 Å². The van der Waals surface area contributed by atoms with Crippen molar-refractivity contribution in [3.8, 4) is 0 Å². The first kappa shape index (κ1) is 16.7. The van der Waals surface area contributed by atoms with Crippen LogP contribution in [-0.2, 0) is 9.53 Å². The molecule has 1 amide bonds. The molecule has 0 saturated heterocycles. The molecule has 0 unspecified atom stereocenters. The minimum atomic E-state index is -0.607. The molecule has 17 heavy (non-hydrogen) atoms. The van der Waals surface area contributed by atoms with E-state index in [1.165, 1.54) is 6.42 Å². The fourth-order valence-corrected chi connectivity index (χ4v) is 2.11. The summed E-state index contributed by atoms with van der Waals surface area (Å²) in [5.74, 6) is 0.0173. The van der Waals surface area contributed by atoms with E-state index in [0.717, 1.165) is 38.7 Å². The zero-order valence-corrected chi connectivity index (χ0v) is 11.5. The molecular weight excluding hydrogens is 240 g/mol. The first-order valence-corrected chi connectivity index (χ1v) is 6.34. The predicted octanol–water partition coefficient (Wildman–Crippen LogP) is 1.61. The second kappa shape index (κ2) is 8.72. The number of nitrogens with one attached hydrogen (secondary N) is 1. The third kappa shape index (κ3) is 5.70. The second-order valence-corrected chi connectivity index (χ2v) is 4.52. The maximum Gasteiger partial charge on any atom is 0.240 e. The van der Waals surface area contributed by atoms with Crippen LogP contribution < -0.4 is 11.1 Å². The van der Waals surface area contributed by atoms with E-state index < -0.39 is 5.54 Å². The number of rotatable bonds is 6. The highest BCUT2D eigenvalue weighted by Gasteiger charge is 2.34. The van der Waals surface area contributed by atoms with Crippen LogP contribution in [0.15, 0.2) is 0 Å². The number of amides is 1. The molecule has 1 fully saturated rings. The summed E-state index contributed by atoms with van der Waals surface area (Å²) < 4.78 is 5.20. The topological polar surface area (TPSA) is 64.3 Å². The first-order chi connectivity index (χ1) is 7.69. The van der Waals surface area contributed by atoms with Gasteiger partial charge in [-0.3, -0.25) is 4.79 Å². The van der Waals surface area contributed by atoms with Crippen molar-refractivity contribution in [1.82, 2.24) is 5.32 Å². The van der Waals surface area contributed by atoms with Gasteiger partial charge in [-0.05, 0) is 26.2 Å². The summed E-state index contributed by atoms with van der Waals surface area (Å²) in [7, 11) is 0. The summed E-state index contributed by atoms with van der Waals surface area (Å²) in [4.78, 5) is 11.9. The molecule has 4 nitrogen and oxygen atoms in total. The molecule has 0 heterocycles. The largest absolute Gasteiger partial charge is 0.382 e. The third-order valence-corrected chi connectivity index (χ3v) is 3.15. The SMILES string of the molecule is CCOCCCNC(=O)C1(N)CCCCC1.Cl. The lowest BCUT2D eigenvalue weighted by Crippen LogP contribution is -2.55. The van der Waals surface area contributed by atoms with Crippen LogP contribution >= 0.6 is 12.4 Å². The van der Waals surface area contributed by atoms with E-state index in [1.54, 1.807) is 0 Å². The summed E-state index contributed by atoms with van der Waals surface area (Å²) in [5, 5.41) is 2.91. The van der Waals surface area contributed by atoms with Gasteiger partial charge in [0.15, 0.2) is 0 Å².